The molecule has 0 spiro atoms. The third-order valence-corrected chi connectivity index (χ3v) is 3.46. The second kappa shape index (κ2) is 7.95. The van der Waals surface area contributed by atoms with Gasteiger partial charge in [0.15, 0.2) is 0 Å². The molecule has 3 heteroatoms. The molecule has 19 heavy (non-hydrogen) atoms. The van der Waals surface area contributed by atoms with Crippen LogP contribution in [0.5, 0.6) is 0 Å². The molecule has 1 aromatic rings. The average molecular weight is 262 g/mol. The molecule has 1 amide bonds. The van der Waals surface area contributed by atoms with Crippen LogP contribution in [0, 0.1) is 6.92 Å². The topological polar surface area (TPSA) is 41.1 Å². The first-order valence-electron chi connectivity index (χ1n) is 7.16. The first-order chi connectivity index (χ1) is 9.06. The number of carbonyl (C=O) groups excluding carboxylic acids is 1. The molecular weight excluding hydrogens is 236 g/mol. The maximum atomic E-state index is 11.8. The van der Waals surface area contributed by atoms with Crippen LogP contribution in [0.2, 0.25) is 0 Å². The average Bonchev–Trinajstić information content (AvgIpc) is 2.42. The Morgan fingerprint density at radius 3 is 2.53 bits per heavy atom. The summed E-state index contributed by atoms with van der Waals surface area (Å²) in [5, 5.41) is 6.30. The number of aryl methyl sites for hydroxylation is 1. The van der Waals surface area contributed by atoms with Crippen molar-refractivity contribution in [3.05, 3.63) is 35.4 Å². The van der Waals surface area contributed by atoms with E-state index in [-0.39, 0.29) is 11.9 Å². The van der Waals surface area contributed by atoms with Gasteiger partial charge < -0.3 is 10.6 Å². The number of hydrogen-bond acceptors (Lipinski definition) is 2. The van der Waals surface area contributed by atoms with E-state index in [1.165, 1.54) is 11.1 Å². The van der Waals surface area contributed by atoms with Crippen LogP contribution in [-0.4, -0.2) is 18.5 Å². The van der Waals surface area contributed by atoms with Crippen LogP contribution in [-0.2, 0) is 4.79 Å². The van der Waals surface area contributed by atoms with Gasteiger partial charge in [0.2, 0.25) is 5.91 Å². The van der Waals surface area contributed by atoms with Gasteiger partial charge in [-0.1, -0.05) is 43.7 Å². The minimum atomic E-state index is 0.0770. The van der Waals surface area contributed by atoms with E-state index in [4.69, 9.17) is 0 Å². The Morgan fingerprint density at radius 2 is 1.95 bits per heavy atom. The van der Waals surface area contributed by atoms with E-state index in [2.05, 4.69) is 56.5 Å². The molecule has 0 saturated carbocycles. The molecule has 3 nitrogen and oxygen atoms in total. The van der Waals surface area contributed by atoms with Crippen molar-refractivity contribution in [3.8, 4) is 0 Å². The van der Waals surface area contributed by atoms with Crippen LogP contribution in [0.15, 0.2) is 24.3 Å². The molecule has 0 unspecified atom stereocenters. The molecule has 0 heterocycles. The summed E-state index contributed by atoms with van der Waals surface area (Å²) < 4.78 is 0. The van der Waals surface area contributed by atoms with Gasteiger partial charge in [0.05, 0.1) is 6.54 Å². The predicted octanol–water partition coefficient (Wildman–Crippen LogP) is 2.95. The molecule has 106 valence electrons. The van der Waals surface area contributed by atoms with Crippen molar-refractivity contribution in [1.82, 2.24) is 10.6 Å². The lowest BCUT2D eigenvalue weighted by Gasteiger charge is -2.18. The van der Waals surface area contributed by atoms with Gasteiger partial charge in [-0.2, -0.15) is 0 Å². The molecule has 0 radical (unpaired) electrons. The van der Waals surface area contributed by atoms with Crippen molar-refractivity contribution in [3.63, 3.8) is 0 Å². The van der Waals surface area contributed by atoms with E-state index in [0.29, 0.717) is 12.6 Å². The summed E-state index contributed by atoms with van der Waals surface area (Å²) in [6, 6.07) is 8.85. The Kier molecular flexibility index (Phi) is 6.57. The Bertz CT molecular complexity index is 399. The van der Waals surface area contributed by atoms with E-state index in [0.717, 1.165) is 12.8 Å². The highest BCUT2D eigenvalue weighted by molar-refractivity contribution is 5.78. The fraction of sp³-hybridized carbons (Fsp3) is 0.562. The molecule has 0 aliphatic carbocycles. The lowest BCUT2D eigenvalue weighted by molar-refractivity contribution is -0.121. The third-order valence-electron chi connectivity index (χ3n) is 3.46. The second-order valence-electron chi connectivity index (χ2n) is 5.10. The second-order valence-corrected chi connectivity index (χ2v) is 5.10. The minimum Gasteiger partial charge on any atom is -0.352 e. The minimum absolute atomic E-state index is 0.0770. The Balaban J connectivity index is 2.41. The third kappa shape index (κ3) is 5.43. The van der Waals surface area contributed by atoms with E-state index < -0.39 is 0 Å². The van der Waals surface area contributed by atoms with Gasteiger partial charge in [-0.15, -0.1) is 0 Å². The molecule has 1 aromatic carbocycles. The molecule has 0 aliphatic heterocycles. The van der Waals surface area contributed by atoms with Gasteiger partial charge in [-0.05, 0) is 32.3 Å². The van der Waals surface area contributed by atoms with Crippen molar-refractivity contribution in [2.24, 2.45) is 0 Å². The van der Waals surface area contributed by atoms with Crippen LogP contribution in [0.1, 0.15) is 50.8 Å². The molecule has 0 aromatic heterocycles. The van der Waals surface area contributed by atoms with Crippen molar-refractivity contribution in [2.45, 2.75) is 52.6 Å². The summed E-state index contributed by atoms with van der Waals surface area (Å²) in [5.74, 6) is 0.0770. The first kappa shape index (κ1) is 15.7. The standard InChI is InChI=1S/C16H26N2O/c1-5-15(6-2)18-16(19)11-17-13(4)14-9-7-8-12(3)10-14/h7-10,13,15,17H,5-6,11H2,1-4H3,(H,18,19)/t13-/m1/s1. The molecule has 0 bridgehead atoms. The summed E-state index contributed by atoms with van der Waals surface area (Å²) >= 11 is 0. The molecule has 2 N–H and O–H groups in total. The highest BCUT2D eigenvalue weighted by Crippen LogP contribution is 2.13. The van der Waals surface area contributed by atoms with Crippen LogP contribution in [0.4, 0.5) is 0 Å². The van der Waals surface area contributed by atoms with E-state index >= 15 is 0 Å². The fourth-order valence-corrected chi connectivity index (χ4v) is 2.07. The summed E-state index contributed by atoms with van der Waals surface area (Å²) in [4.78, 5) is 11.8. The van der Waals surface area contributed by atoms with Gasteiger partial charge in [0.1, 0.15) is 0 Å². The highest BCUT2D eigenvalue weighted by atomic mass is 16.1. The number of benzene rings is 1. The summed E-state index contributed by atoms with van der Waals surface area (Å²) in [7, 11) is 0. The van der Waals surface area contributed by atoms with Gasteiger partial charge in [-0.25, -0.2) is 0 Å². The number of amides is 1. The van der Waals surface area contributed by atoms with Gasteiger partial charge in [-0.3, -0.25) is 4.79 Å². The van der Waals surface area contributed by atoms with Gasteiger partial charge >= 0.3 is 0 Å². The maximum absolute atomic E-state index is 11.8. The first-order valence-corrected chi connectivity index (χ1v) is 7.16. The number of hydrogen-bond donors (Lipinski definition) is 2. The van der Waals surface area contributed by atoms with Crippen LogP contribution >= 0.6 is 0 Å². The summed E-state index contributed by atoms with van der Waals surface area (Å²) in [6.07, 6.45) is 1.96. The van der Waals surface area contributed by atoms with Crippen LogP contribution < -0.4 is 10.6 Å². The van der Waals surface area contributed by atoms with Crippen molar-refractivity contribution < 1.29 is 4.79 Å². The Hall–Kier alpha value is -1.35. The molecule has 1 rings (SSSR count). The SMILES string of the molecule is CCC(CC)NC(=O)CN[C@H](C)c1cccc(C)c1. The molecule has 0 aliphatic rings. The van der Waals surface area contributed by atoms with Crippen LogP contribution in [0.3, 0.4) is 0 Å². The lowest BCUT2D eigenvalue weighted by Crippen LogP contribution is -2.40. The molecule has 0 fully saturated rings. The zero-order chi connectivity index (χ0) is 14.3. The van der Waals surface area contributed by atoms with E-state index in [9.17, 15) is 4.79 Å². The van der Waals surface area contributed by atoms with Crippen LogP contribution in [0.25, 0.3) is 0 Å². The Morgan fingerprint density at radius 1 is 1.26 bits per heavy atom. The normalized spacial score (nSPS) is 12.5. The van der Waals surface area contributed by atoms with Crippen molar-refractivity contribution in [1.29, 1.82) is 0 Å². The molecular formula is C16H26N2O. The zero-order valence-electron chi connectivity index (χ0n) is 12.5. The number of rotatable bonds is 7. The predicted molar refractivity (Wildman–Crippen MR) is 80.1 cm³/mol. The lowest BCUT2D eigenvalue weighted by atomic mass is 10.1. The largest absolute Gasteiger partial charge is 0.352 e. The van der Waals surface area contributed by atoms with Crippen molar-refractivity contribution >= 4 is 5.91 Å². The quantitative estimate of drug-likeness (QED) is 0.793. The maximum Gasteiger partial charge on any atom is 0.234 e. The van der Waals surface area contributed by atoms with E-state index in [1.807, 2.05) is 6.07 Å². The molecule has 0 saturated heterocycles. The van der Waals surface area contributed by atoms with E-state index in [1.54, 1.807) is 0 Å². The Labute approximate surface area is 116 Å². The van der Waals surface area contributed by atoms with Crippen molar-refractivity contribution in [2.75, 3.05) is 6.54 Å². The number of nitrogens with one attached hydrogen (secondary N) is 2. The van der Waals surface area contributed by atoms with Gasteiger partial charge in [0.25, 0.3) is 0 Å². The highest BCUT2D eigenvalue weighted by Gasteiger charge is 2.10. The monoisotopic (exact) mass is 262 g/mol. The fourth-order valence-electron chi connectivity index (χ4n) is 2.07. The smallest absolute Gasteiger partial charge is 0.234 e. The number of carbonyl (C=O) groups is 1. The zero-order valence-corrected chi connectivity index (χ0v) is 12.5. The van der Waals surface area contributed by atoms with Gasteiger partial charge in [0, 0.05) is 12.1 Å². The summed E-state index contributed by atoms with van der Waals surface area (Å²) in [6.45, 7) is 8.72. The molecule has 1 atom stereocenters. The summed E-state index contributed by atoms with van der Waals surface area (Å²) in [5.41, 5.74) is 2.46.